The molecule has 1 aliphatic rings. The second kappa shape index (κ2) is 4.33. The molecule has 0 aromatic carbocycles. The Morgan fingerprint density at radius 3 is 3.13 bits per heavy atom. The summed E-state index contributed by atoms with van der Waals surface area (Å²) in [5, 5.41) is 3.47. The highest BCUT2D eigenvalue weighted by Crippen LogP contribution is 2.23. The number of hydrogen-bond donors (Lipinski definition) is 1. The average Bonchev–Trinajstić information content (AvgIpc) is 2.65. The largest absolute Gasteiger partial charge is 0.447 e. The van der Waals surface area contributed by atoms with Crippen LogP contribution in [0.1, 0.15) is 32.4 Å². The van der Waals surface area contributed by atoms with Gasteiger partial charge in [-0.15, -0.1) is 0 Å². The molecule has 84 valence electrons. The van der Waals surface area contributed by atoms with Crippen LogP contribution in [-0.4, -0.2) is 23.2 Å². The standard InChI is InChI=1S/C11H18N2O2/c1-11(2)5-9(3-4-15-11)13-7-10-6-12-8-14-10/h6,8-9,13H,3-5,7H2,1-2H3. The summed E-state index contributed by atoms with van der Waals surface area (Å²) in [6, 6.07) is 0.513. The average molecular weight is 210 g/mol. The van der Waals surface area contributed by atoms with Gasteiger partial charge in [0.05, 0.1) is 18.3 Å². The summed E-state index contributed by atoms with van der Waals surface area (Å²) < 4.78 is 10.8. The van der Waals surface area contributed by atoms with E-state index >= 15 is 0 Å². The zero-order valence-corrected chi connectivity index (χ0v) is 9.32. The molecule has 4 nitrogen and oxygen atoms in total. The normalized spacial score (nSPS) is 25.3. The molecule has 0 bridgehead atoms. The van der Waals surface area contributed by atoms with Gasteiger partial charge in [0.2, 0.25) is 0 Å². The molecule has 2 heterocycles. The van der Waals surface area contributed by atoms with Crippen molar-refractivity contribution in [1.82, 2.24) is 10.3 Å². The van der Waals surface area contributed by atoms with Gasteiger partial charge in [0.15, 0.2) is 6.39 Å². The molecule has 1 fully saturated rings. The summed E-state index contributed by atoms with van der Waals surface area (Å²) in [6.45, 7) is 5.85. The highest BCUT2D eigenvalue weighted by Gasteiger charge is 2.28. The summed E-state index contributed by atoms with van der Waals surface area (Å²) in [5.74, 6) is 0.888. The Morgan fingerprint density at radius 2 is 2.47 bits per heavy atom. The van der Waals surface area contributed by atoms with Crippen LogP contribution in [0.4, 0.5) is 0 Å². The van der Waals surface area contributed by atoms with Crippen molar-refractivity contribution in [2.75, 3.05) is 6.61 Å². The van der Waals surface area contributed by atoms with Gasteiger partial charge < -0.3 is 14.5 Å². The summed E-state index contributed by atoms with van der Waals surface area (Å²) in [6.07, 6.45) is 5.32. The van der Waals surface area contributed by atoms with Crippen LogP contribution in [0.25, 0.3) is 0 Å². The number of hydrogen-bond acceptors (Lipinski definition) is 4. The number of oxazole rings is 1. The summed E-state index contributed by atoms with van der Waals surface area (Å²) in [5.41, 5.74) is -0.00265. The van der Waals surface area contributed by atoms with E-state index in [-0.39, 0.29) is 5.60 Å². The molecule has 2 rings (SSSR count). The van der Waals surface area contributed by atoms with Gasteiger partial charge >= 0.3 is 0 Å². The molecular weight excluding hydrogens is 192 g/mol. The third kappa shape index (κ3) is 3.04. The van der Waals surface area contributed by atoms with E-state index in [0.29, 0.717) is 6.04 Å². The van der Waals surface area contributed by atoms with E-state index in [4.69, 9.17) is 9.15 Å². The predicted octanol–water partition coefficient (Wildman–Crippen LogP) is 1.72. The van der Waals surface area contributed by atoms with E-state index in [2.05, 4.69) is 24.1 Å². The third-order valence-corrected chi connectivity index (χ3v) is 2.75. The fraction of sp³-hybridized carbons (Fsp3) is 0.727. The van der Waals surface area contributed by atoms with E-state index in [1.54, 1.807) is 6.20 Å². The van der Waals surface area contributed by atoms with Crippen molar-refractivity contribution < 1.29 is 9.15 Å². The van der Waals surface area contributed by atoms with Crippen molar-refractivity contribution >= 4 is 0 Å². The second-order valence-electron chi connectivity index (χ2n) is 4.65. The lowest BCUT2D eigenvalue weighted by Gasteiger charge is -2.35. The fourth-order valence-electron chi connectivity index (χ4n) is 1.98. The maximum atomic E-state index is 5.66. The smallest absolute Gasteiger partial charge is 0.180 e. The maximum Gasteiger partial charge on any atom is 0.180 e. The number of nitrogens with one attached hydrogen (secondary N) is 1. The van der Waals surface area contributed by atoms with Gasteiger partial charge in [-0.25, -0.2) is 4.98 Å². The summed E-state index contributed by atoms with van der Waals surface area (Å²) in [7, 11) is 0. The summed E-state index contributed by atoms with van der Waals surface area (Å²) >= 11 is 0. The van der Waals surface area contributed by atoms with Crippen LogP contribution < -0.4 is 5.32 Å². The minimum Gasteiger partial charge on any atom is -0.447 e. The fourth-order valence-corrected chi connectivity index (χ4v) is 1.98. The molecule has 1 unspecified atom stereocenters. The van der Waals surface area contributed by atoms with Crippen molar-refractivity contribution in [2.45, 2.75) is 44.9 Å². The Kier molecular flexibility index (Phi) is 3.07. The van der Waals surface area contributed by atoms with Gasteiger partial charge in [-0.05, 0) is 26.7 Å². The Labute approximate surface area is 90.0 Å². The van der Waals surface area contributed by atoms with Crippen LogP contribution in [-0.2, 0) is 11.3 Å². The molecule has 1 aliphatic heterocycles. The molecule has 0 radical (unpaired) electrons. The first-order valence-electron chi connectivity index (χ1n) is 5.40. The Bertz CT molecular complexity index is 296. The van der Waals surface area contributed by atoms with Crippen molar-refractivity contribution in [1.29, 1.82) is 0 Å². The van der Waals surface area contributed by atoms with Crippen molar-refractivity contribution in [3.05, 3.63) is 18.4 Å². The zero-order valence-electron chi connectivity index (χ0n) is 9.32. The van der Waals surface area contributed by atoms with Crippen molar-refractivity contribution in [3.63, 3.8) is 0 Å². The highest BCUT2D eigenvalue weighted by atomic mass is 16.5. The second-order valence-corrected chi connectivity index (χ2v) is 4.65. The molecular formula is C11H18N2O2. The van der Waals surface area contributed by atoms with Crippen molar-refractivity contribution in [3.8, 4) is 0 Å². The molecule has 4 heteroatoms. The van der Waals surface area contributed by atoms with Gasteiger partial charge in [-0.3, -0.25) is 0 Å². The molecule has 1 atom stereocenters. The van der Waals surface area contributed by atoms with Gasteiger partial charge in [-0.1, -0.05) is 0 Å². The molecule has 0 spiro atoms. The maximum absolute atomic E-state index is 5.66. The molecule has 0 aliphatic carbocycles. The monoisotopic (exact) mass is 210 g/mol. The molecule has 1 aromatic heterocycles. The Hall–Kier alpha value is -0.870. The van der Waals surface area contributed by atoms with Gasteiger partial charge in [0.25, 0.3) is 0 Å². The number of rotatable bonds is 3. The lowest BCUT2D eigenvalue weighted by atomic mass is 9.94. The van der Waals surface area contributed by atoms with E-state index in [9.17, 15) is 0 Å². The molecule has 1 N–H and O–H groups in total. The Morgan fingerprint density at radius 1 is 1.60 bits per heavy atom. The quantitative estimate of drug-likeness (QED) is 0.825. The van der Waals surface area contributed by atoms with Gasteiger partial charge in [0.1, 0.15) is 5.76 Å². The van der Waals surface area contributed by atoms with Gasteiger partial charge in [-0.2, -0.15) is 0 Å². The van der Waals surface area contributed by atoms with E-state index in [1.807, 2.05) is 0 Å². The molecule has 1 aromatic rings. The van der Waals surface area contributed by atoms with Gasteiger partial charge in [0, 0.05) is 12.6 Å². The number of aromatic nitrogens is 1. The molecule has 1 saturated heterocycles. The SMILES string of the molecule is CC1(C)CC(NCc2cnco2)CCO1. The topological polar surface area (TPSA) is 47.3 Å². The minimum absolute atomic E-state index is 0.00265. The zero-order chi connectivity index (χ0) is 10.7. The van der Waals surface area contributed by atoms with Crippen LogP contribution in [0.5, 0.6) is 0 Å². The third-order valence-electron chi connectivity index (χ3n) is 2.75. The first-order valence-corrected chi connectivity index (χ1v) is 5.40. The highest BCUT2D eigenvalue weighted by molar-refractivity contribution is 4.90. The number of ether oxygens (including phenoxy) is 1. The van der Waals surface area contributed by atoms with E-state index in [0.717, 1.165) is 31.8 Å². The van der Waals surface area contributed by atoms with E-state index < -0.39 is 0 Å². The molecule has 15 heavy (non-hydrogen) atoms. The molecule has 0 amide bonds. The number of nitrogens with zero attached hydrogens (tertiary/aromatic N) is 1. The van der Waals surface area contributed by atoms with Crippen LogP contribution in [0.15, 0.2) is 17.0 Å². The van der Waals surface area contributed by atoms with Crippen LogP contribution in [0.2, 0.25) is 0 Å². The Balaban J connectivity index is 1.80. The predicted molar refractivity (Wildman–Crippen MR) is 56.4 cm³/mol. The molecule has 0 saturated carbocycles. The van der Waals surface area contributed by atoms with Crippen LogP contribution in [0.3, 0.4) is 0 Å². The van der Waals surface area contributed by atoms with E-state index in [1.165, 1.54) is 6.39 Å². The lowest BCUT2D eigenvalue weighted by molar-refractivity contribution is -0.0632. The lowest BCUT2D eigenvalue weighted by Crippen LogP contribution is -2.43. The minimum atomic E-state index is -0.00265. The first-order chi connectivity index (χ1) is 7.16. The van der Waals surface area contributed by atoms with Crippen LogP contribution >= 0.6 is 0 Å². The summed E-state index contributed by atoms with van der Waals surface area (Å²) in [4.78, 5) is 3.88. The van der Waals surface area contributed by atoms with Crippen molar-refractivity contribution in [2.24, 2.45) is 0 Å². The van der Waals surface area contributed by atoms with Crippen LogP contribution in [0, 0.1) is 0 Å². The first kappa shape index (κ1) is 10.6.